The monoisotopic (exact) mass is 566 g/mol. The number of Topliss-reactive ketones (excluding diaryl/α,β-unsaturated/α-hetero) is 1. The molecule has 204 valence electrons. The fraction of sp³-hybridized carbons (Fsp3) is 0.357. The van der Waals surface area contributed by atoms with Gasteiger partial charge in [0.1, 0.15) is 12.1 Å². The lowest BCUT2D eigenvalue weighted by Crippen LogP contribution is -2.52. The second kappa shape index (κ2) is 11.4. The number of benzene rings is 1. The van der Waals surface area contributed by atoms with Crippen molar-refractivity contribution in [1.29, 1.82) is 0 Å². The summed E-state index contributed by atoms with van der Waals surface area (Å²) in [5.41, 5.74) is 1.54. The minimum atomic E-state index is -3.79. The van der Waals surface area contributed by atoms with E-state index in [-0.39, 0.29) is 36.4 Å². The first kappa shape index (κ1) is 27.2. The Labute approximate surface area is 231 Å². The maximum Gasteiger partial charge on any atom is 0.262 e. The van der Waals surface area contributed by atoms with Crippen LogP contribution < -0.4 is 5.32 Å². The molecule has 2 saturated heterocycles. The maximum atomic E-state index is 13.7. The maximum absolute atomic E-state index is 13.7. The minimum absolute atomic E-state index is 0.256. The molecular weight excluding hydrogens is 536 g/mol. The first-order valence-electron chi connectivity index (χ1n) is 13.0. The molecule has 0 bridgehead atoms. The first-order chi connectivity index (χ1) is 18.8. The number of sulfonamides is 1. The van der Waals surface area contributed by atoms with Crippen LogP contribution in [0.3, 0.4) is 0 Å². The second-order valence-electron chi connectivity index (χ2n) is 9.81. The number of hydrogen-bond acceptors (Lipinski definition) is 7. The highest BCUT2D eigenvalue weighted by Gasteiger charge is 2.54. The average molecular weight is 567 g/mol. The molecule has 0 spiro atoms. The summed E-state index contributed by atoms with van der Waals surface area (Å²) in [5, 5.41) is 2.87. The lowest BCUT2D eigenvalue weighted by molar-refractivity contribution is -0.138. The molecule has 2 aliphatic heterocycles. The third-order valence-corrected chi connectivity index (χ3v) is 10.1. The van der Waals surface area contributed by atoms with E-state index in [0.29, 0.717) is 29.7 Å². The number of ketones is 1. The zero-order valence-corrected chi connectivity index (χ0v) is 23.2. The van der Waals surface area contributed by atoms with E-state index in [2.05, 4.69) is 10.3 Å². The van der Waals surface area contributed by atoms with E-state index in [4.69, 9.17) is 0 Å². The normalized spacial score (nSPS) is 20.1. The first-order valence-corrected chi connectivity index (χ1v) is 15.4. The van der Waals surface area contributed by atoms with Gasteiger partial charge < -0.3 is 10.2 Å². The number of rotatable bonds is 9. The van der Waals surface area contributed by atoms with Gasteiger partial charge in [-0.05, 0) is 42.2 Å². The fourth-order valence-electron chi connectivity index (χ4n) is 5.35. The zero-order chi connectivity index (χ0) is 27.6. The Kier molecular flexibility index (Phi) is 7.92. The van der Waals surface area contributed by atoms with Crippen molar-refractivity contribution in [2.24, 2.45) is 0 Å². The van der Waals surface area contributed by atoms with Gasteiger partial charge in [0.15, 0.2) is 5.78 Å². The third kappa shape index (κ3) is 5.66. The minimum Gasteiger partial charge on any atom is -0.340 e. The van der Waals surface area contributed by atoms with Crippen molar-refractivity contribution in [2.45, 2.75) is 50.1 Å². The number of likely N-dealkylation sites (tertiary alicyclic amines) is 1. The Morgan fingerprint density at radius 1 is 1.13 bits per heavy atom. The van der Waals surface area contributed by atoms with Crippen LogP contribution in [0.2, 0.25) is 0 Å². The SMILES string of the molecule is CCCC(NC(=O)c1ccc(-c2ccccc2)s1)C(=O)N1CCC2C1C(=O)CN2S(=O)(=O)Cc1cccnc1. The Morgan fingerprint density at radius 3 is 2.64 bits per heavy atom. The van der Waals surface area contributed by atoms with Gasteiger partial charge in [-0.3, -0.25) is 19.4 Å². The smallest absolute Gasteiger partial charge is 0.262 e. The summed E-state index contributed by atoms with van der Waals surface area (Å²) in [6, 6.07) is 14.5. The van der Waals surface area contributed by atoms with Crippen LogP contribution in [-0.2, 0) is 25.4 Å². The van der Waals surface area contributed by atoms with Gasteiger partial charge in [0.2, 0.25) is 15.9 Å². The molecular formula is C28H30N4O5S2. The molecule has 3 unspecified atom stereocenters. The lowest BCUT2D eigenvalue weighted by atomic mass is 10.1. The number of pyridine rings is 1. The van der Waals surface area contributed by atoms with Gasteiger partial charge >= 0.3 is 0 Å². The third-order valence-electron chi connectivity index (χ3n) is 7.16. The standard InChI is InChI=1S/C28H30N4O5S2/c1-2-7-21(30-27(34)25-12-11-24(38-25)20-9-4-3-5-10-20)28(35)31-15-13-22-26(31)23(33)17-32(22)39(36,37)18-19-8-6-14-29-16-19/h3-6,8-12,14,16,21-22,26H,2,7,13,15,17-18H2,1H3,(H,30,34). The largest absolute Gasteiger partial charge is 0.340 e. The molecule has 0 aliphatic carbocycles. The predicted molar refractivity (Wildman–Crippen MR) is 148 cm³/mol. The average Bonchev–Trinajstić information content (AvgIpc) is 3.66. The van der Waals surface area contributed by atoms with Crippen molar-refractivity contribution in [1.82, 2.24) is 19.5 Å². The molecule has 9 nitrogen and oxygen atoms in total. The second-order valence-corrected chi connectivity index (χ2v) is 12.8. The summed E-state index contributed by atoms with van der Waals surface area (Å²) in [4.78, 5) is 46.7. The highest BCUT2D eigenvalue weighted by Crippen LogP contribution is 2.33. The van der Waals surface area contributed by atoms with Crippen LogP contribution in [0.25, 0.3) is 10.4 Å². The summed E-state index contributed by atoms with van der Waals surface area (Å²) in [6.45, 7) is 1.92. The summed E-state index contributed by atoms with van der Waals surface area (Å²) in [6.07, 6.45) is 4.49. The Hall–Kier alpha value is -3.41. The van der Waals surface area contributed by atoms with Gasteiger partial charge in [-0.25, -0.2) is 8.42 Å². The van der Waals surface area contributed by atoms with Gasteiger partial charge in [-0.1, -0.05) is 49.7 Å². The number of amides is 2. The molecule has 2 fully saturated rings. The van der Waals surface area contributed by atoms with Crippen molar-refractivity contribution in [3.63, 3.8) is 0 Å². The van der Waals surface area contributed by atoms with Gasteiger partial charge in [0.25, 0.3) is 5.91 Å². The quantitative estimate of drug-likeness (QED) is 0.426. The molecule has 3 atom stereocenters. The lowest BCUT2D eigenvalue weighted by Gasteiger charge is -2.28. The Balaban J connectivity index is 1.29. The Morgan fingerprint density at radius 2 is 1.92 bits per heavy atom. The highest BCUT2D eigenvalue weighted by molar-refractivity contribution is 7.88. The molecule has 2 aromatic heterocycles. The number of carbonyl (C=O) groups is 3. The summed E-state index contributed by atoms with van der Waals surface area (Å²) >= 11 is 1.35. The summed E-state index contributed by atoms with van der Waals surface area (Å²) < 4.78 is 27.6. The molecule has 5 rings (SSSR count). The molecule has 0 saturated carbocycles. The molecule has 3 aromatic rings. The van der Waals surface area contributed by atoms with E-state index in [1.54, 1.807) is 24.4 Å². The van der Waals surface area contributed by atoms with Gasteiger partial charge in [-0.15, -0.1) is 11.3 Å². The highest BCUT2D eigenvalue weighted by atomic mass is 32.2. The number of hydrogen-bond donors (Lipinski definition) is 1. The van der Waals surface area contributed by atoms with Crippen LogP contribution in [0, 0.1) is 0 Å². The van der Waals surface area contributed by atoms with Gasteiger partial charge in [0, 0.05) is 23.8 Å². The van der Waals surface area contributed by atoms with Crippen molar-refractivity contribution in [3.05, 3.63) is 77.4 Å². The van der Waals surface area contributed by atoms with Crippen LogP contribution in [0.4, 0.5) is 0 Å². The summed E-state index contributed by atoms with van der Waals surface area (Å²) in [5.74, 6) is -1.25. The molecule has 39 heavy (non-hydrogen) atoms. The number of nitrogens with zero attached hydrogens (tertiary/aromatic N) is 3. The zero-order valence-electron chi connectivity index (χ0n) is 21.5. The van der Waals surface area contributed by atoms with Gasteiger partial charge in [-0.2, -0.15) is 4.31 Å². The molecule has 4 heterocycles. The number of thiophene rings is 1. The van der Waals surface area contributed by atoms with Crippen molar-refractivity contribution in [3.8, 4) is 10.4 Å². The van der Waals surface area contributed by atoms with Crippen LogP contribution in [-0.4, -0.2) is 71.4 Å². The molecule has 0 radical (unpaired) electrons. The number of nitrogens with one attached hydrogen (secondary N) is 1. The molecule has 11 heteroatoms. The summed E-state index contributed by atoms with van der Waals surface area (Å²) in [7, 11) is -3.79. The number of carbonyl (C=O) groups excluding carboxylic acids is 3. The van der Waals surface area contributed by atoms with Crippen molar-refractivity contribution >= 4 is 39.0 Å². The van der Waals surface area contributed by atoms with E-state index >= 15 is 0 Å². The predicted octanol–water partition coefficient (Wildman–Crippen LogP) is 3.09. The van der Waals surface area contributed by atoms with E-state index in [1.807, 2.05) is 43.3 Å². The fourth-order valence-corrected chi connectivity index (χ4v) is 7.98. The number of fused-ring (bicyclic) bond motifs is 1. The van der Waals surface area contributed by atoms with E-state index in [1.165, 1.54) is 26.7 Å². The van der Waals surface area contributed by atoms with Crippen LogP contribution in [0.1, 0.15) is 41.4 Å². The van der Waals surface area contributed by atoms with Crippen LogP contribution >= 0.6 is 11.3 Å². The number of aromatic nitrogens is 1. The molecule has 1 aromatic carbocycles. The van der Waals surface area contributed by atoms with Gasteiger partial charge in [0.05, 0.1) is 23.2 Å². The van der Waals surface area contributed by atoms with E-state index < -0.39 is 28.1 Å². The molecule has 1 N–H and O–H groups in total. The van der Waals surface area contributed by atoms with Crippen molar-refractivity contribution in [2.75, 3.05) is 13.1 Å². The van der Waals surface area contributed by atoms with Crippen molar-refractivity contribution < 1.29 is 22.8 Å². The topological polar surface area (TPSA) is 117 Å². The molecule has 2 aliphatic rings. The van der Waals surface area contributed by atoms with Crippen LogP contribution in [0.15, 0.2) is 67.0 Å². The Bertz CT molecular complexity index is 1460. The molecule has 2 amide bonds. The van der Waals surface area contributed by atoms with E-state index in [9.17, 15) is 22.8 Å². The van der Waals surface area contributed by atoms with E-state index in [0.717, 1.165) is 10.4 Å². The van der Waals surface area contributed by atoms with Crippen LogP contribution in [0.5, 0.6) is 0 Å².